The smallest absolute Gasteiger partial charge is 0.407 e. The lowest BCUT2D eigenvalue weighted by Gasteiger charge is -2.30. The summed E-state index contributed by atoms with van der Waals surface area (Å²) in [6.45, 7) is 0.938. The van der Waals surface area contributed by atoms with Crippen LogP contribution in [0.1, 0.15) is 24.5 Å². The van der Waals surface area contributed by atoms with Crippen molar-refractivity contribution in [2.45, 2.75) is 18.8 Å². The molecule has 0 spiro atoms. The van der Waals surface area contributed by atoms with Gasteiger partial charge in [-0.2, -0.15) is 5.10 Å². The van der Waals surface area contributed by atoms with Gasteiger partial charge in [-0.1, -0.05) is 0 Å². The maximum Gasteiger partial charge on any atom is 0.407 e. The summed E-state index contributed by atoms with van der Waals surface area (Å²) in [7, 11) is 0. The van der Waals surface area contributed by atoms with Gasteiger partial charge in [-0.05, 0) is 18.9 Å². The van der Waals surface area contributed by atoms with E-state index in [4.69, 9.17) is 5.11 Å². The van der Waals surface area contributed by atoms with E-state index in [1.807, 2.05) is 6.07 Å². The van der Waals surface area contributed by atoms with Crippen LogP contribution >= 0.6 is 0 Å². The molecule has 0 saturated carbocycles. The van der Waals surface area contributed by atoms with Crippen LogP contribution in [0.5, 0.6) is 0 Å². The SMILES string of the molecule is O=C(O)N1CCC(c2cc(=O)[nH]c3c4ccncc4nn23)CC1. The number of carboxylic acid groups (broad SMARTS) is 1. The monoisotopic (exact) mass is 313 g/mol. The minimum atomic E-state index is -0.893. The highest BCUT2D eigenvalue weighted by atomic mass is 16.4. The molecule has 2 N–H and O–H groups in total. The molecule has 3 aromatic rings. The van der Waals surface area contributed by atoms with Crippen LogP contribution in [0.25, 0.3) is 16.6 Å². The second kappa shape index (κ2) is 5.08. The number of fused-ring (bicyclic) bond motifs is 3. The van der Waals surface area contributed by atoms with Crippen molar-refractivity contribution in [3.63, 3.8) is 0 Å². The van der Waals surface area contributed by atoms with Crippen LogP contribution in [-0.4, -0.2) is 48.8 Å². The highest BCUT2D eigenvalue weighted by Crippen LogP contribution is 2.28. The third-order valence-corrected chi connectivity index (χ3v) is 4.42. The van der Waals surface area contributed by atoms with E-state index in [1.165, 1.54) is 4.90 Å². The molecule has 1 saturated heterocycles. The minimum Gasteiger partial charge on any atom is -0.465 e. The molecule has 8 nitrogen and oxygen atoms in total. The Morgan fingerprint density at radius 3 is 2.87 bits per heavy atom. The van der Waals surface area contributed by atoms with Crippen molar-refractivity contribution in [3.8, 4) is 0 Å². The lowest BCUT2D eigenvalue weighted by atomic mass is 9.93. The van der Waals surface area contributed by atoms with Crippen molar-refractivity contribution < 1.29 is 9.90 Å². The number of rotatable bonds is 1. The summed E-state index contributed by atoms with van der Waals surface area (Å²) < 4.78 is 1.76. The van der Waals surface area contributed by atoms with Gasteiger partial charge in [0.2, 0.25) is 0 Å². The first-order chi connectivity index (χ1) is 11.1. The Morgan fingerprint density at radius 1 is 1.35 bits per heavy atom. The Hall–Kier alpha value is -2.90. The number of pyridine rings is 1. The van der Waals surface area contributed by atoms with Crippen LogP contribution in [0.3, 0.4) is 0 Å². The van der Waals surface area contributed by atoms with Crippen molar-refractivity contribution >= 4 is 22.6 Å². The molecule has 1 amide bonds. The molecule has 3 aromatic heterocycles. The molecule has 118 valence electrons. The van der Waals surface area contributed by atoms with Crippen molar-refractivity contribution in [3.05, 3.63) is 40.6 Å². The fraction of sp³-hybridized carbons (Fsp3) is 0.333. The van der Waals surface area contributed by atoms with Crippen LogP contribution in [0.2, 0.25) is 0 Å². The number of H-pyrrole nitrogens is 1. The molecule has 1 aliphatic rings. The molecule has 23 heavy (non-hydrogen) atoms. The van der Waals surface area contributed by atoms with E-state index < -0.39 is 6.09 Å². The van der Waals surface area contributed by atoms with Gasteiger partial charge in [-0.15, -0.1) is 0 Å². The third kappa shape index (κ3) is 2.23. The number of carbonyl (C=O) groups is 1. The van der Waals surface area contributed by atoms with E-state index >= 15 is 0 Å². The average Bonchev–Trinajstić information content (AvgIpc) is 2.93. The Labute approximate surface area is 130 Å². The molecule has 0 radical (unpaired) electrons. The van der Waals surface area contributed by atoms with E-state index in [1.54, 1.807) is 23.0 Å². The number of likely N-dealkylation sites (tertiary alicyclic amines) is 1. The van der Waals surface area contributed by atoms with Crippen molar-refractivity contribution in [1.29, 1.82) is 0 Å². The number of nitrogens with zero attached hydrogens (tertiary/aromatic N) is 4. The van der Waals surface area contributed by atoms with Gasteiger partial charge in [0.1, 0.15) is 11.2 Å². The van der Waals surface area contributed by atoms with Gasteiger partial charge in [0.25, 0.3) is 5.56 Å². The number of hydrogen-bond acceptors (Lipinski definition) is 4. The van der Waals surface area contributed by atoms with Gasteiger partial charge in [0, 0.05) is 36.7 Å². The highest BCUT2D eigenvalue weighted by molar-refractivity contribution is 5.91. The first-order valence-electron chi connectivity index (χ1n) is 7.47. The van der Waals surface area contributed by atoms with E-state index in [0.29, 0.717) is 31.6 Å². The van der Waals surface area contributed by atoms with Crippen LogP contribution in [0.15, 0.2) is 29.3 Å². The van der Waals surface area contributed by atoms with Crippen LogP contribution in [-0.2, 0) is 0 Å². The van der Waals surface area contributed by atoms with E-state index in [9.17, 15) is 9.59 Å². The second-order valence-corrected chi connectivity index (χ2v) is 5.76. The predicted molar refractivity (Wildman–Crippen MR) is 82.7 cm³/mol. The number of amides is 1. The van der Waals surface area contributed by atoms with Gasteiger partial charge < -0.3 is 15.0 Å². The Morgan fingerprint density at radius 2 is 2.13 bits per heavy atom. The second-order valence-electron chi connectivity index (χ2n) is 5.76. The van der Waals surface area contributed by atoms with Crippen LogP contribution in [0.4, 0.5) is 4.79 Å². The third-order valence-electron chi connectivity index (χ3n) is 4.42. The molecular formula is C15H15N5O3. The minimum absolute atomic E-state index is 0.109. The van der Waals surface area contributed by atoms with Gasteiger partial charge in [0.15, 0.2) is 0 Å². The van der Waals surface area contributed by atoms with E-state index in [0.717, 1.165) is 16.6 Å². The zero-order valence-corrected chi connectivity index (χ0v) is 12.3. The molecule has 8 heteroatoms. The molecule has 4 rings (SSSR count). The Bertz CT molecular complexity index is 953. The predicted octanol–water partition coefficient (Wildman–Crippen LogP) is 1.43. The van der Waals surface area contributed by atoms with E-state index in [2.05, 4.69) is 15.1 Å². The summed E-state index contributed by atoms with van der Waals surface area (Å²) in [6.07, 6.45) is 3.80. The summed E-state index contributed by atoms with van der Waals surface area (Å²) in [5.74, 6) is 0.109. The molecular weight excluding hydrogens is 298 g/mol. The largest absolute Gasteiger partial charge is 0.465 e. The molecule has 1 fully saturated rings. The maximum atomic E-state index is 12.0. The standard InChI is InChI=1S/C15H15N5O3/c21-13-7-12(9-2-5-19(6-3-9)15(22)23)20-14(17-13)10-1-4-16-8-11(10)18-20/h1,4,7-9H,2-3,5-6H2,(H,17,21)(H,22,23). The first kappa shape index (κ1) is 13.7. The summed E-state index contributed by atoms with van der Waals surface area (Å²) in [6, 6.07) is 3.39. The quantitative estimate of drug-likeness (QED) is 0.707. The summed E-state index contributed by atoms with van der Waals surface area (Å²) >= 11 is 0. The van der Waals surface area contributed by atoms with E-state index in [-0.39, 0.29) is 11.5 Å². The normalized spacial score (nSPS) is 16.3. The first-order valence-corrected chi connectivity index (χ1v) is 7.47. The highest BCUT2D eigenvalue weighted by Gasteiger charge is 2.26. The van der Waals surface area contributed by atoms with Crippen molar-refractivity contribution in [2.75, 3.05) is 13.1 Å². The fourth-order valence-electron chi connectivity index (χ4n) is 3.25. The lowest BCUT2D eigenvalue weighted by Crippen LogP contribution is -2.37. The number of aromatic nitrogens is 4. The zero-order chi connectivity index (χ0) is 16.0. The van der Waals surface area contributed by atoms with Gasteiger partial charge in [-0.25, -0.2) is 9.31 Å². The average molecular weight is 313 g/mol. The fourth-order valence-corrected chi connectivity index (χ4v) is 3.25. The molecule has 0 unspecified atom stereocenters. The van der Waals surface area contributed by atoms with Gasteiger partial charge in [0.05, 0.1) is 11.9 Å². The Balaban J connectivity index is 1.81. The number of aromatic amines is 1. The van der Waals surface area contributed by atoms with Crippen LogP contribution < -0.4 is 5.56 Å². The summed E-state index contributed by atoms with van der Waals surface area (Å²) in [4.78, 5) is 31.4. The van der Waals surface area contributed by atoms with Crippen molar-refractivity contribution in [1.82, 2.24) is 24.5 Å². The topological polar surface area (TPSA) is 104 Å². The molecule has 0 atom stereocenters. The number of nitrogens with one attached hydrogen (secondary N) is 1. The molecule has 0 bridgehead atoms. The molecule has 4 heterocycles. The molecule has 0 aliphatic carbocycles. The molecule has 0 aromatic carbocycles. The number of hydrogen-bond donors (Lipinski definition) is 2. The number of piperidine rings is 1. The maximum absolute atomic E-state index is 12.0. The van der Waals surface area contributed by atoms with Crippen LogP contribution in [0, 0.1) is 0 Å². The molecule has 1 aliphatic heterocycles. The van der Waals surface area contributed by atoms with Gasteiger partial charge >= 0.3 is 6.09 Å². The van der Waals surface area contributed by atoms with Crippen molar-refractivity contribution in [2.24, 2.45) is 0 Å². The Kier molecular flexibility index (Phi) is 3.03. The van der Waals surface area contributed by atoms with Gasteiger partial charge in [-0.3, -0.25) is 9.78 Å². The zero-order valence-electron chi connectivity index (χ0n) is 12.3. The lowest BCUT2D eigenvalue weighted by molar-refractivity contribution is 0.131. The summed E-state index contributed by atoms with van der Waals surface area (Å²) in [5, 5.41) is 14.4. The summed E-state index contributed by atoms with van der Waals surface area (Å²) in [5.41, 5.74) is 2.03.